The van der Waals surface area contributed by atoms with Gasteiger partial charge in [0.05, 0.1) is 17.2 Å². The molecule has 3 rings (SSSR count). The third-order valence-corrected chi connectivity index (χ3v) is 4.53. The van der Waals surface area contributed by atoms with Gasteiger partial charge in [-0.3, -0.25) is 9.89 Å². The van der Waals surface area contributed by atoms with Gasteiger partial charge in [0.15, 0.2) is 0 Å². The molecule has 2 N–H and O–H groups in total. The van der Waals surface area contributed by atoms with E-state index in [9.17, 15) is 4.79 Å². The first-order valence-corrected chi connectivity index (χ1v) is 7.28. The van der Waals surface area contributed by atoms with E-state index in [1.165, 1.54) is 0 Å². The maximum atomic E-state index is 11.6. The quantitative estimate of drug-likeness (QED) is 0.848. The Morgan fingerprint density at radius 2 is 2.33 bits per heavy atom. The summed E-state index contributed by atoms with van der Waals surface area (Å²) >= 11 is 5.08. The number of hydrogen-bond acceptors (Lipinski definition) is 3. The van der Waals surface area contributed by atoms with Gasteiger partial charge in [-0.05, 0) is 17.7 Å². The monoisotopic (exact) mass is 323 g/mol. The number of aromatic nitrogens is 2. The molecule has 1 aliphatic rings. The van der Waals surface area contributed by atoms with Crippen LogP contribution in [0.15, 0.2) is 34.9 Å². The van der Waals surface area contributed by atoms with Gasteiger partial charge >= 0.3 is 0 Å². The maximum Gasteiger partial charge on any atom is 0.235 e. The minimum Gasteiger partial charge on any atom is -0.310 e. The highest BCUT2D eigenvalue weighted by atomic mass is 79.9. The summed E-state index contributed by atoms with van der Waals surface area (Å²) in [6.07, 6.45) is 1.78. The number of H-pyrrole nitrogens is 1. The van der Waals surface area contributed by atoms with Crippen LogP contribution in [0.25, 0.3) is 0 Å². The van der Waals surface area contributed by atoms with Crippen molar-refractivity contribution in [2.24, 2.45) is 0 Å². The van der Waals surface area contributed by atoms with Gasteiger partial charge < -0.3 is 5.32 Å². The number of fused-ring (bicyclic) bond motifs is 1. The second-order valence-corrected chi connectivity index (χ2v) is 6.00. The van der Waals surface area contributed by atoms with E-state index < -0.39 is 0 Å². The molecule has 1 aliphatic heterocycles. The first-order valence-electron chi connectivity index (χ1n) is 5.44. The topological polar surface area (TPSA) is 57.8 Å². The smallest absolute Gasteiger partial charge is 0.235 e. The third-order valence-electron chi connectivity index (χ3n) is 2.75. The molecule has 1 amide bonds. The number of benzene rings is 1. The maximum absolute atomic E-state index is 11.6. The summed E-state index contributed by atoms with van der Waals surface area (Å²) < 4.78 is 1.04. The van der Waals surface area contributed by atoms with Gasteiger partial charge in [-0.2, -0.15) is 5.10 Å². The highest BCUT2D eigenvalue weighted by Crippen LogP contribution is 2.40. The van der Waals surface area contributed by atoms with E-state index in [-0.39, 0.29) is 11.2 Å². The van der Waals surface area contributed by atoms with Crippen LogP contribution in [0.4, 0.5) is 5.82 Å². The normalized spacial score (nSPS) is 18.9. The van der Waals surface area contributed by atoms with Crippen LogP contribution in [0.1, 0.15) is 16.4 Å². The van der Waals surface area contributed by atoms with Crippen LogP contribution in [0.2, 0.25) is 0 Å². The summed E-state index contributed by atoms with van der Waals surface area (Å²) in [5, 5.41) is 9.80. The summed E-state index contributed by atoms with van der Waals surface area (Å²) in [6, 6.07) is 8.13. The molecule has 6 heteroatoms. The van der Waals surface area contributed by atoms with E-state index in [1.807, 2.05) is 12.1 Å². The summed E-state index contributed by atoms with van der Waals surface area (Å²) in [6.45, 7) is 0. The predicted octanol–water partition coefficient (Wildman–Crippen LogP) is 2.95. The van der Waals surface area contributed by atoms with Crippen molar-refractivity contribution in [2.75, 3.05) is 11.1 Å². The van der Waals surface area contributed by atoms with Crippen molar-refractivity contribution in [2.45, 2.75) is 5.25 Å². The zero-order valence-corrected chi connectivity index (χ0v) is 11.7. The number of hydrogen-bond donors (Lipinski definition) is 2. The Bertz CT molecular complexity index is 599. The fourth-order valence-electron chi connectivity index (χ4n) is 1.96. The second kappa shape index (κ2) is 4.78. The molecule has 1 aromatic carbocycles. The third kappa shape index (κ3) is 2.18. The molecule has 1 atom stereocenters. The Hall–Kier alpha value is -1.27. The average Bonchev–Trinajstić information content (AvgIpc) is 2.72. The minimum atomic E-state index is 0.00277. The van der Waals surface area contributed by atoms with E-state index in [1.54, 1.807) is 18.0 Å². The molecule has 0 saturated carbocycles. The molecule has 1 aromatic heterocycles. The van der Waals surface area contributed by atoms with Gasteiger partial charge in [-0.15, -0.1) is 11.8 Å². The standard InChI is InChI=1S/C12H10BrN3OS/c13-8-3-1-2-7(4-8)11-9-5-14-16-12(9)15-10(17)6-18-11/h1-5,11H,6H2,(H2,14,15,16,17)/t11-/m0/s1. The molecule has 2 heterocycles. The lowest BCUT2D eigenvalue weighted by Crippen LogP contribution is -2.12. The summed E-state index contributed by atoms with van der Waals surface area (Å²) in [4.78, 5) is 11.6. The second-order valence-electron chi connectivity index (χ2n) is 3.99. The molecule has 0 radical (unpaired) electrons. The molecule has 0 bridgehead atoms. The molecule has 18 heavy (non-hydrogen) atoms. The number of anilines is 1. The van der Waals surface area contributed by atoms with Crippen LogP contribution < -0.4 is 5.32 Å². The lowest BCUT2D eigenvalue weighted by Gasteiger charge is -2.13. The van der Waals surface area contributed by atoms with Crippen molar-refractivity contribution in [3.05, 3.63) is 46.1 Å². The summed E-state index contributed by atoms with van der Waals surface area (Å²) in [5.41, 5.74) is 2.18. The molecule has 2 aromatic rings. The van der Waals surface area contributed by atoms with Crippen LogP contribution in [0.3, 0.4) is 0 Å². The molecule has 0 aliphatic carbocycles. The average molecular weight is 324 g/mol. The van der Waals surface area contributed by atoms with Crippen LogP contribution >= 0.6 is 27.7 Å². The highest BCUT2D eigenvalue weighted by molar-refractivity contribution is 9.10. The number of thioether (sulfide) groups is 1. The number of amides is 1. The van der Waals surface area contributed by atoms with E-state index in [2.05, 4.69) is 43.6 Å². The lowest BCUT2D eigenvalue weighted by molar-refractivity contribution is -0.113. The highest BCUT2D eigenvalue weighted by Gasteiger charge is 2.25. The van der Waals surface area contributed by atoms with E-state index in [0.717, 1.165) is 15.6 Å². The van der Waals surface area contributed by atoms with E-state index in [0.29, 0.717) is 11.6 Å². The molecule has 0 unspecified atom stereocenters. The Morgan fingerprint density at radius 1 is 1.44 bits per heavy atom. The Labute approximate surface area is 117 Å². The van der Waals surface area contributed by atoms with Gasteiger partial charge in [-0.25, -0.2) is 0 Å². The zero-order chi connectivity index (χ0) is 12.5. The van der Waals surface area contributed by atoms with Crippen LogP contribution in [0.5, 0.6) is 0 Å². The van der Waals surface area contributed by atoms with Crippen LogP contribution in [-0.2, 0) is 4.79 Å². The molecular weight excluding hydrogens is 314 g/mol. The first kappa shape index (κ1) is 11.8. The number of aromatic amines is 1. The molecule has 92 valence electrons. The number of nitrogens with zero attached hydrogens (tertiary/aromatic N) is 1. The van der Waals surface area contributed by atoms with Crippen LogP contribution in [-0.4, -0.2) is 21.9 Å². The number of halogens is 1. The molecule has 0 saturated heterocycles. The number of nitrogens with one attached hydrogen (secondary N) is 2. The SMILES string of the molecule is O=C1CS[C@@H](c2cccc(Br)c2)c2cn[nH]c2N1. The summed E-state index contributed by atoms with van der Waals surface area (Å²) in [7, 11) is 0. The number of carbonyl (C=O) groups is 1. The Kier molecular flexibility index (Phi) is 3.13. The molecule has 0 spiro atoms. The van der Waals surface area contributed by atoms with E-state index >= 15 is 0 Å². The number of carbonyl (C=O) groups excluding carboxylic acids is 1. The fraction of sp³-hybridized carbons (Fsp3) is 0.167. The van der Waals surface area contributed by atoms with Gasteiger partial charge in [0, 0.05) is 10.0 Å². The lowest BCUT2D eigenvalue weighted by atomic mass is 10.1. The van der Waals surface area contributed by atoms with Crippen molar-refractivity contribution >= 4 is 39.4 Å². The van der Waals surface area contributed by atoms with Gasteiger partial charge in [-0.1, -0.05) is 28.1 Å². The molecule has 0 fully saturated rings. The largest absolute Gasteiger partial charge is 0.310 e. The Morgan fingerprint density at radius 3 is 3.17 bits per heavy atom. The van der Waals surface area contributed by atoms with Gasteiger partial charge in [0.1, 0.15) is 5.82 Å². The first-order chi connectivity index (χ1) is 8.74. The molecule has 4 nitrogen and oxygen atoms in total. The Balaban J connectivity index is 2.05. The van der Waals surface area contributed by atoms with Gasteiger partial charge in [0.2, 0.25) is 5.91 Å². The van der Waals surface area contributed by atoms with Crippen LogP contribution in [0, 0.1) is 0 Å². The predicted molar refractivity (Wildman–Crippen MR) is 75.7 cm³/mol. The van der Waals surface area contributed by atoms with Crippen molar-refractivity contribution in [1.82, 2.24) is 10.2 Å². The van der Waals surface area contributed by atoms with Crippen molar-refractivity contribution in [1.29, 1.82) is 0 Å². The molecular formula is C12H10BrN3OS. The van der Waals surface area contributed by atoms with Crippen molar-refractivity contribution in [3.8, 4) is 0 Å². The van der Waals surface area contributed by atoms with E-state index in [4.69, 9.17) is 0 Å². The fourth-order valence-corrected chi connectivity index (χ4v) is 3.47. The zero-order valence-electron chi connectivity index (χ0n) is 9.31. The summed E-state index contributed by atoms with van der Waals surface area (Å²) in [5.74, 6) is 1.15. The van der Waals surface area contributed by atoms with Crippen molar-refractivity contribution < 1.29 is 4.79 Å². The number of rotatable bonds is 1. The minimum absolute atomic E-state index is 0.00277. The van der Waals surface area contributed by atoms with Crippen molar-refractivity contribution in [3.63, 3.8) is 0 Å². The van der Waals surface area contributed by atoms with Gasteiger partial charge in [0.25, 0.3) is 0 Å².